The Bertz CT molecular complexity index is 344. The van der Waals surface area contributed by atoms with E-state index in [1.807, 2.05) is 17.5 Å². The van der Waals surface area contributed by atoms with Crippen LogP contribution in [0.25, 0.3) is 0 Å². The number of hydrogen-bond acceptors (Lipinski definition) is 3. The molecule has 0 saturated carbocycles. The molecule has 1 amide bonds. The summed E-state index contributed by atoms with van der Waals surface area (Å²) in [6.07, 6.45) is 2.66. The minimum atomic E-state index is 0.0632. The standard InChI is InChI=1S/C13H20N2OS/c1-11(10-15-6-2-3-7-15)9-14-13(16)12-5-4-8-17-12/h4-5,8,11H,2-3,6-7,9-10H2,1H3,(H,14,16). The van der Waals surface area contributed by atoms with Crippen LogP contribution in [0.4, 0.5) is 0 Å². The fraction of sp³-hybridized carbons (Fsp3) is 0.615. The number of thiophene rings is 1. The summed E-state index contributed by atoms with van der Waals surface area (Å²) in [5.74, 6) is 0.588. The number of nitrogens with one attached hydrogen (secondary N) is 1. The normalized spacial score (nSPS) is 18.2. The zero-order chi connectivity index (χ0) is 12.1. The minimum absolute atomic E-state index is 0.0632. The predicted octanol–water partition coefficient (Wildman–Crippen LogP) is 2.21. The topological polar surface area (TPSA) is 32.3 Å². The molecule has 0 spiro atoms. The monoisotopic (exact) mass is 252 g/mol. The Morgan fingerprint density at radius 3 is 2.94 bits per heavy atom. The summed E-state index contributed by atoms with van der Waals surface area (Å²) in [6.45, 7) is 6.53. The molecule has 1 aromatic rings. The molecule has 0 bridgehead atoms. The molecule has 1 aliphatic rings. The van der Waals surface area contributed by atoms with Crippen molar-refractivity contribution in [2.75, 3.05) is 26.2 Å². The van der Waals surface area contributed by atoms with Gasteiger partial charge in [0, 0.05) is 13.1 Å². The van der Waals surface area contributed by atoms with E-state index in [0.717, 1.165) is 18.0 Å². The fourth-order valence-electron chi connectivity index (χ4n) is 2.23. The van der Waals surface area contributed by atoms with Gasteiger partial charge in [0.25, 0.3) is 5.91 Å². The van der Waals surface area contributed by atoms with Crippen LogP contribution >= 0.6 is 11.3 Å². The van der Waals surface area contributed by atoms with Crippen LogP contribution in [0.5, 0.6) is 0 Å². The quantitative estimate of drug-likeness (QED) is 0.871. The van der Waals surface area contributed by atoms with Crippen LogP contribution in [-0.4, -0.2) is 37.0 Å². The summed E-state index contributed by atoms with van der Waals surface area (Å²) in [4.78, 5) is 15.0. The van der Waals surface area contributed by atoms with Crippen molar-refractivity contribution in [3.05, 3.63) is 22.4 Å². The highest BCUT2D eigenvalue weighted by atomic mass is 32.1. The Kier molecular flexibility index (Phi) is 4.57. The molecule has 3 nitrogen and oxygen atoms in total. The van der Waals surface area contributed by atoms with E-state index in [1.165, 1.54) is 37.3 Å². The maximum Gasteiger partial charge on any atom is 0.261 e. The molecule has 94 valence electrons. The van der Waals surface area contributed by atoms with E-state index in [1.54, 1.807) is 0 Å². The first-order valence-corrected chi connectivity index (χ1v) is 7.18. The molecule has 0 aromatic carbocycles. The summed E-state index contributed by atoms with van der Waals surface area (Å²) in [7, 11) is 0. The van der Waals surface area contributed by atoms with Crippen molar-refractivity contribution in [3.63, 3.8) is 0 Å². The van der Waals surface area contributed by atoms with Gasteiger partial charge in [-0.2, -0.15) is 0 Å². The van der Waals surface area contributed by atoms with Gasteiger partial charge in [0.15, 0.2) is 0 Å². The second kappa shape index (κ2) is 6.17. The van der Waals surface area contributed by atoms with E-state index in [-0.39, 0.29) is 5.91 Å². The van der Waals surface area contributed by atoms with Gasteiger partial charge in [-0.3, -0.25) is 4.79 Å². The van der Waals surface area contributed by atoms with Crippen molar-refractivity contribution >= 4 is 17.2 Å². The molecular weight excluding hydrogens is 232 g/mol. The van der Waals surface area contributed by atoms with Crippen molar-refractivity contribution in [3.8, 4) is 0 Å². The van der Waals surface area contributed by atoms with Crippen molar-refractivity contribution in [1.82, 2.24) is 10.2 Å². The molecule has 1 saturated heterocycles. The Balaban J connectivity index is 1.68. The van der Waals surface area contributed by atoms with Crippen molar-refractivity contribution in [2.24, 2.45) is 5.92 Å². The summed E-state index contributed by atoms with van der Waals surface area (Å²) in [6, 6.07) is 3.78. The number of nitrogens with zero attached hydrogens (tertiary/aromatic N) is 1. The minimum Gasteiger partial charge on any atom is -0.351 e. The van der Waals surface area contributed by atoms with E-state index in [0.29, 0.717) is 5.92 Å². The lowest BCUT2D eigenvalue weighted by atomic mass is 10.1. The number of amides is 1. The highest BCUT2D eigenvalue weighted by Crippen LogP contribution is 2.11. The van der Waals surface area contributed by atoms with Gasteiger partial charge in [0.2, 0.25) is 0 Å². The second-order valence-electron chi connectivity index (χ2n) is 4.80. The van der Waals surface area contributed by atoms with Gasteiger partial charge in [0.05, 0.1) is 4.88 Å². The van der Waals surface area contributed by atoms with Crippen LogP contribution in [0.2, 0.25) is 0 Å². The molecule has 1 fully saturated rings. The third kappa shape index (κ3) is 3.82. The first kappa shape index (κ1) is 12.6. The van der Waals surface area contributed by atoms with E-state index in [9.17, 15) is 4.79 Å². The Morgan fingerprint density at radius 2 is 2.29 bits per heavy atom. The van der Waals surface area contributed by atoms with Gasteiger partial charge in [0.1, 0.15) is 0 Å². The summed E-state index contributed by atoms with van der Waals surface area (Å²) >= 11 is 1.49. The molecule has 0 radical (unpaired) electrons. The van der Waals surface area contributed by atoms with Crippen LogP contribution in [0.1, 0.15) is 29.4 Å². The number of rotatable bonds is 5. The van der Waals surface area contributed by atoms with Gasteiger partial charge in [-0.05, 0) is 43.3 Å². The molecular formula is C13H20N2OS. The number of likely N-dealkylation sites (tertiary alicyclic amines) is 1. The summed E-state index contributed by atoms with van der Waals surface area (Å²) in [5, 5.41) is 4.94. The number of hydrogen-bond donors (Lipinski definition) is 1. The van der Waals surface area contributed by atoms with E-state index in [2.05, 4.69) is 17.1 Å². The SMILES string of the molecule is CC(CNC(=O)c1cccs1)CN1CCCC1. The Morgan fingerprint density at radius 1 is 1.53 bits per heavy atom. The smallest absolute Gasteiger partial charge is 0.261 e. The predicted molar refractivity (Wildman–Crippen MR) is 71.5 cm³/mol. The van der Waals surface area contributed by atoms with Crippen LogP contribution in [0, 0.1) is 5.92 Å². The van der Waals surface area contributed by atoms with E-state index < -0.39 is 0 Å². The van der Waals surface area contributed by atoms with Crippen molar-refractivity contribution in [2.45, 2.75) is 19.8 Å². The van der Waals surface area contributed by atoms with E-state index >= 15 is 0 Å². The average Bonchev–Trinajstić information content (AvgIpc) is 2.97. The molecule has 1 aliphatic heterocycles. The zero-order valence-electron chi connectivity index (χ0n) is 10.3. The van der Waals surface area contributed by atoms with Gasteiger partial charge in [-0.15, -0.1) is 11.3 Å². The first-order chi connectivity index (χ1) is 8.25. The third-order valence-corrected chi connectivity index (χ3v) is 3.99. The average molecular weight is 252 g/mol. The highest BCUT2D eigenvalue weighted by molar-refractivity contribution is 7.12. The number of carbonyl (C=O) groups is 1. The van der Waals surface area contributed by atoms with Crippen LogP contribution in [0.15, 0.2) is 17.5 Å². The molecule has 0 aliphatic carbocycles. The molecule has 1 aromatic heterocycles. The Labute approximate surface area is 107 Å². The maximum absolute atomic E-state index is 11.7. The van der Waals surface area contributed by atoms with Crippen LogP contribution in [-0.2, 0) is 0 Å². The summed E-state index contributed by atoms with van der Waals surface area (Å²) < 4.78 is 0. The first-order valence-electron chi connectivity index (χ1n) is 6.30. The Hall–Kier alpha value is -0.870. The van der Waals surface area contributed by atoms with E-state index in [4.69, 9.17) is 0 Å². The molecule has 4 heteroatoms. The number of carbonyl (C=O) groups excluding carboxylic acids is 1. The highest BCUT2D eigenvalue weighted by Gasteiger charge is 2.15. The van der Waals surface area contributed by atoms with Crippen LogP contribution in [0.3, 0.4) is 0 Å². The molecule has 2 heterocycles. The van der Waals surface area contributed by atoms with Crippen molar-refractivity contribution < 1.29 is 4.79 Å². The van der Waals surface area contributed by atoms with Gasteiger partial charge in [-0.25, -0.2) is 0 Å². The largest absolute Gasteiger partial charge is 0.351 e. The lowest BCUT2D eigenvalue weighted by Gasteiger charge is -2.20. The third-order valence-electron chi connectivity index (χ3n) is 3.12. The lowest BCUT2D eigenvalue weighted by Crippen LogP contribution is -2.34. The molecule has 1 N–H and O–H groups in total. The van der Waals surface area contributed by atoms with Gasteiger partial charge >= 0.3 is 0 Å². The lowest BCUT2D eigenvalue weighted by molar-refractivity contribution is 0.0949. The second-order valence-corrected chi connectivity index (χ2v) is 5.75. The molecule has 1 unspecified atom stereocenters. The molecule has 2 rings (SSSR count). The van der Waals surface area contributed by atoms with Gasteiger partial charge in [-0.1, -0.05) is 13.0 Å². The van der Waals surface area contributed by atoms with Crippen LogP contribution < -0.4 is 5.32 Å². The maximum atomic E-state index is 11.7. The summed E-state index contributed by atoms with van der Waals surface area (Å²) in [5.41, 5.74) is 0. The molecule has 1 atom stereocenters. The van der Waals surface area contributed by atoms with Gasteiger partial charge < -0.3 is 10.2 Å². The molecule has 17 heavy (non-hydrogen) atoms. The van der Waals surface area contributed by atoms with Crippen molar-refractivity contribution in [1.29, 1.82) is 0 Å². The fourth-order valence-corrected chi connectivity index (χ4v) is 2.87. The zero-order valence-corrected chi connectivity index (χ0v) is 11.1.